The minimum Gasteiger partial charge on any atom is -0.453 e. The van der Waals surface area contributed by atoms with Crippen molar-refractivity contribution < 1.29 is 47.6 Å². The van der Waals surface area contributed by atoms with Crippen LogP contribution < -0.4 is 10.6 Å². The number of rotatable bonds is 14. The van der Waals surface area contributed by atoms with Gasteiger partial charge in [0, 0.05) is 12.8 Å². The molecule has 6 heterocycles. The molecule has 4 saturated heterocycles. The molecule has 4 amide bonds. The summed E-state index contributed by atoms with van der Waals surface area (Å²) in [5, 5.41) is 5.52. The maximum absolute atomic E-state index is 14.3. The van der Waals surface area contributed by atoms with Crippen molar-refractivity contribution in [3.63, 3.8) is 0 Å². The average molecular weight is 1090 g/mol. The summed E-state index contributed by atoms with van der Waals surface area (Å²) in [6.07, 6.45) is 6.73. The van der Waals surface area contributed by atoms with E-state index >= 15 is 0 Å². The summed E-state index contributed by atoms with van der Waals surface area (Å²) < 4.78 is 34.4. The maximum atomic E-state index is 14.3. The van der Waals surface area contributed by atoms with Gasteiger partial charge >= 0.3 is 12.2 Å². The van der Waals surface area contributed by atoms with Gasteiger partial charge in [-0.05, 0) is 131 Å². The van der Waals surface area contributed by atoms with Gasteiger partial charge in [-0.3, -0.25) is 9.59 Å². The van der Waals surface area contributed by atoms with Crippen LogP contribution in [0.25, 0.3) is 44.3 Å². The lowest BCUT2D eigenvalue weighted by Crippen LogP contribution is -2.50. The van der Waals surface area contributed by atoms with Crippen molar-refractivity contribution in [2.75, 3.05) is 77.8 Å². The number of nitrogens with one attached hydrogen (secondary N) is 4. The van der Waals surface area contributed by atoms with E-state index in [1.165, 1.54) is 47.6 Å². The van der Waals surface area contributed by atoms with E-state index in [-0.39, 0.29) is 30.8 Å². The Morgan fingerprint density at radius 3 is 1.65 bits per heavy atom. The van der Waals surface area contributed by atoms with Gasteiger partial charge in [0.25, 0.3) is 0 Å². The minimum absolute atomic E-state index is 0.173. The molecule has 0 unspecified atom stereocenters. The molecule has 5 atom stereocenters. The number of H-pyrrole nitrogens is 2. The number of likely N-dealkylation sites (tertiary alicyclic amines) is 2. The number of ether oxygens (including phenoxy) is 6. The highest BCUT2D eigenvalue weighted by Gasteiger charge is 2.54. The molecule has 0 saturated carbocycles. The molecule has 406 valence electrons. The van der Waals surface area contributed by atoms with Crippen LogP contribution in [0.4, 0.5) is 9.59 Å². The number of aryl methyl sites for hydroxylation is 2. The van der Waals surface area contributed by atoms with E-state index in [1.54, 1.807) is 33.3 Å². The molecule has 6 aromatic rings. The fraction of sp³-hybridized carbons (Fsp3) is 0.474. The van der Waals surface area contributed by atoms with Crippen LogP contribution in [0.15, 0.2) is 72.8 Å². The number of benzene rings is 4. The third-order valence-corrected chi connectivity index (χ3v) is 17.2. The highest BCUT2D eigenvalue weighted by molar-refractivity contribution is 7.98. The first-order valence-corrected chi connectivity index (χ1v) is 29.3. The van der Waals surface area contributed by atoms with E-state index in [9.17, 15) is 19.2 Å². The van der Waals surface area contributed by atoms with Gasteiger partial charge in [-0.15, -0.1) is 0 Å². The first-order valence-electron chi connectivity index (χ1n) is 26.5. The summed E-state index contributed by atoms with van der Waals surface area (Å²) in [7, 11) is 2.59. The number of nitrogens with zero attached hydrogens (tertiary/aromatic N) is 4. The molecule has 77 heavy (non-hydrogen) atoms. The molecule has 4 aliphatic carbocycles. The first-order chi connectivity index (χ1) is 37.4. The lowest BCUT2D eigenvalue weighted by Gasteiger charge is -2.28. The number of hydrogen-bond acceptors (Lipinski definition) is 14. The van der Waals surface area contributed by atoms with Crippen molar-refractivity contribution in [2.45, 2.75) is 93.5 Å². The van der Waals surface area contributed by atoms with Gasteiger partial charge in [0.2, 0.25) is 11.8 Å². The molecule has 4 aliphatic heterocycles. The molecule has 2 aromatic heterocycles. The summed E-state index contributed by atoms with van der Waals surface area (Å²) in [5.74, 6) is 0.410. The number of alkyl carbamates (subject to hydrolysis) is 2. The van der Waals surface area contributed by atoms with Gasteiger partial charge in [-0.1, -0.05) is 55.5 Å². The second-order valence-electron chi connectivity index (χ2n) is 20.7. The van der Waals surface area contributed by atoms with Crippen LogP contribution in [-0.4, -0.2) is 155 Å². The number of amides is 4. The van der Waals surface area contributed by atoms with Crippen LogP contribution in [0.2, 0.25) is 0 Å². The summed E-state index contributed by atoms with van der Waals surface area (Å²) >= 11 is 3.21. The zero-order valence-corrected chi connectivity index (χ0v) is 45.7. The van der Waals surface area contributed by atoms with E-state index in [0.717, 1.165) is 52.5 Å². The van der Waals surface area contributed by atoms with E-state index in [4.69, 9.17) is 38.4 Å². The standard InChI is InChI=1S/C57H66N8O10S2/c1-33-24-37-9-7-34(25-40(37)38-12-14-42-46(27-38)60-50(58-42)48-29-56(72-18-19-73-56)31-64(48)52(66)44(16-22-76-4)62-54(68)70-2)6-8-35-10-11-36(33)26-41(35)39-13-15-43-47(28-39)61-51(59-43)49-30-57(74-20-21-75-57)32-65(49)53(67)45(17-23-77-5)63-55(69)71-3/h7,9-15,25-28,33,44-45,48-49H,6,8,16-24,29-32H2,1-5H3,(H,58,60)(H,59,61)(H,62,68)(H,63,69)/t33-,44+,45+,48+,49+/m1/s1. The number of carbonyl (C=O) groups is 4. The van der Waals surface area contributed by atoms with Gasteiger partial charge in [0.05, 0.1) is 87.9 Å². The zero-order chi connectivity index (χ0) is 53.4. The highest BCUT2D eigenvalue weighted by atomic mass is 32.2. The number of fused-ring (bicyclic) bond motifs is 2. The minimum atomic E-state index is -0.953. The van der Waals surface area contributed by atoms with Crippen LogP contribution in [-0.2, 0) is 57.3 Å². The topological polar surface area (TPSA) is 212 Å². The molecule has 0 radical (unpaired) electrons. The number of imidazole rings is 2. The Hall–Kier alpha value is -6.16. The van der Waals surface area contributed by atoms with Crippen LogP contribution in [0.5, 0.6) is 0 Å². The van der Waals surface area contributed by atoms with Gasteiger partial charge < -0.3 is 58.8 Å². The van der Waals surface area contributed by atoms with Crippen molar-refractivity contribution in [2.24, 2.45) is 0 Å². The second-order valence-corrected chi connectivity index (χ2v) is 22.7. The number of carbonyl (C=O) groups excluding carboxylic acids is 4. The summed E-state index contributed by atoms with van der Waals surface area (Å²) in [5.41, 5.74) is 12.7. The zero-order valence-electron chi connectivity index (χ0n) is 44.1. The predicted octanol–water partition coefficient (Wildman–Crippen LogP) is 8.21. The van der Waals surface area contributed by atoms with Crippen molar-refractivity contribution in [1.82, 2.24) is 40.4 Å². The summed E-state index contributed by atoms with van der Waals surface area (Å²) in [4.78, 5) is 74.4. The van der Waals surface area contributed by atoms with E-state index < -0.39 is 47.9 Å². The van der Waals surface area contributed by atoms with Gasteiger partial charge in [0.15, 0.2) is 11.6 Å². The maximum Gasteiger partial charge on any atom is 0.407 e. The summed E-state index contributed by atoms with van der Waals surface area (Å²) in [6.45, 7) is 4.46. The Labute approximate surface area is 455 Å². The van der Waals surface area contributed by atoms with Gasteiger partial charge in [-0.2, -0.15) is 23.5 Å². The predicted molar refractivity (Wildman–Crippen MR) is 295 cm³/mol. The Balaban J connectivity index is 0.854. The number of hydrogen-bond donors (Lipinski definition) is 4. The van der Waals surface area contributed by atoms with Crippen molar-refractivity contribution in [1.29, 1.82) is 0 Å². The smallest absolute Gasteiger partial charge is 0.407 e. The molecular formula is C57H66N8O10S2. The third kappa shape index (κ3) is 10.8. The van der Waals surface area contributed by atoms with Crippen LogP contribution >= 0.6 is 23.5 Å². The second kappa shape index (κ2) is 22.3. The molecule has 2 spiro atoms. The Morgan fingerprint density at radius 2 is 1.16 bits per heavy atom. The number of aromatic amines is 2. The lowest BCUT2D eigenvalue weighted by atomic mass is 9.84. The van der Waals surface area contributed by atoms with E-state index in [1.807, 2.05) is 12.5 Å². The Bertz CT molecular complexity index is 3190. The van der Waals surface area contributed by atoms with E-state index in [0.29, 0.717) is 75.3 Å². The van der Waals surface area contributed by atoms with Crippen LogP contribution in [0, 0.1) is 0 Å². The summed E-state index contributed by atoms with van der Waals surface area (Å²) in [6, 6.07) is 24.0. The number of methoxy groups -OCH3 is 2. The molecule has 4 fully saturated rings. The molecule has 18 nitrogen and oxygen atoms in total. The van der Waals surface area contributed by atoms with Crippen molar-refractivity contribution in [3.8, 4) is 22.3 Å². The number of aromatic nitrogens is 4. The molecule has 20 heteroatoms. The van der Waals surface area contributed by atoms with Crippen molar-refractivity contribution in [3.05, 3.63) is 107 Å². The van der Waals surface area contributed by atoms with Gasteiger partial charge in [-0.25, -0.2) is 19.6 Å². The molecule has 8 aliphatic rings. The van der Waals surface area contributed by atoms with E-state index in [2.05, 4.69) is 100 Å². The fourth-order valence-electron chi connectivity index (χ4n) is 11.9. The Morgan fingerprint density at radius 1 is 0.662 bits per heavy atom. The lowest BCUT2D eigenvalue weighted by molar-refractivity contribution is -0.153. The molecule has 4 aromatic carbocycles. The molecule has 4 N–H and O–H groups in total. The normalized spacial score (nSPS) is 21.2. The van der Waals surface area contributed by atoms with Crippen LogP contribution in [0.1, 0.15) is 84.5 Å². The SMILES string of the molecule is COC(=O)N[C@@H](CCSC)C(=O)N1CC2(C[C@H]1c1nc3cc(-c4cc5ccc4CCc4ccc(c(-c6ccc7[nH]c([C@@H]8CC9(CN8C(=O)[C@H](CCSC)NC(=O)OC)OCCO9)nc7c6)c4)C[C@H]5C)ccc3[nH]1)OCCO2. The van der Waals surface area contributed by atoms with Crippen molar-refractivity contribution >= 4 is 69.6 Å². The molecule has 14 rings (SSSR count). The fourth-order valence-corrected chi connectivity index (χ4v) is 12.8. The van der Waals surface area contributed by atoms with Crippen LogP contribution in [0.3, 0.4) is 0 Å². The Kier molecular flexibility index (Phi) is 15.3. The quantitative estimate of drug-likeness (QED) is 0.0810. The first kappa shape index (κ1) is 52.9. The third-order valence-electron chi connectivity index (χ3n) is 15.9. The number of thioether (sulfide) groups is 2. The van der Waals surface area contributed by atoms with Gasteiger partial charge in [0.1, 0.15) is 23.7 Å². The largest absolute Gasteiger partial charge is 0.453 e. The monoisotopic (exact) mass is 1090 g/mol. The molecule has 4 bridgehead atoms. The highest BCUT2D eigenvalue weighted by Crippen LogP contribution is 2.45. The average Bonchev–Trinajstić information content (AvgIpc) is 4.45. The molecular weight excluding hydrogens is 1020 g/mol.